The van der Waals surface area contributed by atoms with Gasteiger partial charge >= 0.3 is 12.3 Å². The number of unbranched alkanes of at least 4 members (excludes halogenated alkanes) is 1. The minimum absolute atomic E-state index is 0.100. The summed E-state index contributed by atoms with van der Waals surface area (Å²) in [5, 5.41) is 0. The fourth-order valence-corrected chi connectivity index (χ4v) is 5.06. The third-order valence-corrected chi connectivity index (χ3v) is 7.18. The Morgan fingerprint density at radius 2 is 1.36 bits per heavy atom. The van der Waals surface area contributed by atoms with Crippen molar-refractivity contribution in [3.05, 3.63) is 89.5 Å². The molecule has 36 heavy (non-hydrogen) atoms. The molecule has 0 radical (unpaired) electrons. The maximum absolute atomic E-state index is 15.1. The SMILES string of the molecule is CCCCC1CCC(c2ccc(C(F)(F)Oc3ccccc3-c3ccc(C(F)(F)F)cc3)cc2)CC1. The summed E-state index contributed by atoms with van der Waals surface area (Å²) in [5.74, 6) is 1.08. The number of benzene rings is 3. The lowest BCUT2D eigenvalue weighted by molar-refractivity contribution is -0.185. The molecule has 1 aliphatic rings. The van der Waals surface area contributed by atoms with Gasteiger partial charge in [-0.15, -0.1) is 0 Å². The average Bonchev–Trinajstić information content (AvgIpc) is 2.87. The quantitative estimate of drug-likeness (QED) is 0.279. The summed E-state index contributed by atoms with van der Waals surface area (Å²) in [4.78, 5) is 0. The second-order valence-corrected chi connectivity index (χ2v) is 9.67. The Balaban J connectivity index is 1.46. The van der Waals surface area contributed by atoms with Crippen molar-refractivity contribution in [3.8, 4) is 16.9 Å². The van der Waals surface area contributed by atoms with Crippen LogP contribution in [0.1, 0.15) is 74.5 Å². The van der Waals surface area contributed by atoms with Crippen molar-refractivity contribution >= 4 is 0 Å². The van der Waals surface area contributed by atoms with Gasteiger partial charge in [0.25, 0.3) is 0 Å². The van der Waals surface area contributed by atoms with Crippen LogP contribution in [0.3, 0.4) is 0 Å². The maximum atomic E-state index is 15.1. The summed E-state index contributed by atoms with van der Waals surface area (Å²) in [7, 11) is 0. The molecule has 0 amide bonds. The van der Waals surface area contributed by atoms with Crippen LogP contribution in [0.15, 0.2) is 72.8 Å². The monoisotopic (exact) mass is 502 g/mol. The molecule has 1 aliphatic carbocycles. The molecule has 0 aromatic heterocycles. The highest BCUT2D eigenvalue weighted by Gasteiger charge is 2.36. The number of rotatable bonds is 8. The van der Waals surface area contributed by atoms with Gasteiger partial charge in [-0.25, -0.2) is 0 Å². The molecule has 4 rings (SSSR count). The lowest BCUT2D eigenvalue weighted by atomic mass is 9.77. The molecule has 0 unspecified atom stereocenters. The molecular weight excluding hydrogens is 471 g/mol. The van der Waals surface area contributed by atoms with Crippen molar-refractivity contribution in [3.63, 3.8) is 0 Å². The van der Waals surface area contributed by atoms with Crippen molar-refractivity contribution < 1.29 is 26.7 Å². The van der Waals surface area contributed by atoms with E-state index in [0.29, 0.717) is 17.0 Å². The number of alkyl halides is 5. The van der Waals surface area contributed by atoms with Gasteiger partial charge in [0.1, 0.15) is 5.75 Å². The zero-order valence-corrected chi connectivity index (χ0v) is 20.3. The molecule has 192 valence electrons. The Hall–Kier alpha value is -2.89. The van der Waals surface area contributed by atoms with Gasteiger partial charge < -0.3 is 4.74 Å². The predicted molar refractivity (Wildman–Crippen MR) is 132 cm³/mol. The summed E-state index contributed by atoms with van der Waals surface area (Å²) in [6.07, 6.45) is 0.231. The maximum Gasteiger partial charge on any atom is 0.426 e. The molecule has 1 nitrogen and oxygen atoms in total. The van der Waals surface area contributed by atoms with E-state index in [1.54, 1.807) is 30.3 Å². The van der Waals surface area contributed by atoms with Gasteiger partial charge in [-0.1, -0.05) is 68.7 Å². The first-order chi connectivity index (χ1) is 17.2. The van der Waals surface area contributed by atoms with E-state index in [1.807, 2.05) is 0 Å². The molecule has 1 fully saturated rings. The van der Waals surface area contributed by atoms with Crippen LogP contribution >= 0.6 is 0 Å². The predicted octanol–water partition coefficient (Wildman–Crippen LogP) is 9.96. The Bertz CT molecular complexity index is 1110. The van der Waals surface area contributed by atoms with E-state index in [-0.39, 0.29) is 11.3 Å². The first kappa shape index (κ1) is 26.2. The molecule has 3 aromatic carbocycles. The summed E-state index contributed by atoms with van der Waals surface area (Å²) in [6.45, 7) is 2.21. The molecule has 0 atom stereocenters. The van der Waals surface area contributed by atoms with Crippen LogP contribution in [-0.2, 0) is 12.3 Å². The van der Waals surface area contributed by atoms with Gasteiger partial charge in [-0.2, -0.15) is 22.0 Å². The molecule has 0 heterocycles. The third-order valence-electron chi connectivity index (χ3n) is 7.18. The smallest absolute Gasteiger partial charge is 0.426 e. The zero-order chi connectivity index (χ0) is 25.8. The largest absolute Gasteiger partial charge is 0.428 e. The normalized spacial score (nSPS) is 18.7. The molecule has 0 aliphatic heterocycles. The van der Waals surface area contributed by atoms with Gasteiger partial charge in [-0.05, 0) is 79.0 Å². The van der Waals surface area contributed by atoms with E-state index >= 15 is 8.78 Å². The van der Waals surface area contributed by atoms with E-state index in [4.69, 9.17) is 4.74 Å². The lowest BCUT2D eigenvalue weighted by Gasteiger charge is -2.29. The minimum atomic E-state index is -4.47. The van der Waals surface area contributed by atoms with E-state index in [9.17, 15) is 13.2 Å². The van der Waals surface area contributed by atoms with Crippen LogP contribution in [0.4, 0.5) is 22.0 Å². The van der Waals surface area contributed by atoms with Gasteiger partial charge in [-0.3, -0.25) is 0 Å². The Kier molecular flexibility index (Phi) is 8.01. The number of ether oxygens (including phenoxy) is 1. The molecule has 0 saturated heterocycles. The van der Waals surface area contributed by atoms with Crippen LogP contribution in [0.5, 0.6) is 5.75 Å². The summed E-state index contributed by atoms with van der Waals surface area (Å²) in [6, 6.07) is 16.9. The summed E-state index contributed by atoms with van der Waals surface area (Å²) < 4.78 is 74.1. The van der Waals surface area contributed by atoms with Crippen LogP contribution in [0.2, 0.25) is 0 Å². The molecule has 0 bridgehead atoms. The van der Waals surface area contributed by atoms with E-state index in [1.165, 1.54) is 62.4 Å². The second-order valence-electron chi connectivity index (χ2n) is 9.67. The standard InChI is InChI=1S/C30H31F5O/c1-2-3-6-21-9-11-22(12-10-21)23-13-19-26(20-14-23)30(34,35)36-28-8-5-4-7-27(28)24-15-17-25(18-16-24)29(31,32)33/h4-5,7-8,13-22H,2-3,6,9-12H2,1H3. The van der Waals surface area contributed by atoms with Crippen LogP contribution < -0.4 is 4.74 Å². The van der Waals surface area contributed by atoms with Crippen molar-refractivity contribution in [2.45, 2.75) is 70.1 Å². The number of hydrogen-bond acceptors (Lipinski definition) is 1. The van der Waals surface area contributed by atoms with Crippen molar-refractivity contribution in [1.82, 2.24) is 0 Å². The highest BCUT2D eigenvalue weighted by molar-refractivity contribution is 5.70. The minimum Gasteiger partial charge on any atom is -0.428 e. The third kappa shape index (κ3) is 6.26. The highest BCUT2D eigenvalue weighted by Crippen LogP contribution is 2.41. The zero-order valence-electron chi connectivity index (χ0n) is 20.3. The topological polar surface area (TPSA) is 9.23 Å². The molecule has 3 aromatic rings. The van der Waals surface area contributed by atoms with Crippen LogP contribution in [0, 0.1) is 5.92 Å². The number of para-hydroxylation sites is 1. The summed E-state index contributed by atoms with van der Waals surface area (Å²) >= 11 is 0. The van der Waals surface area contributed by atoms with E-state index in [2.05, 4.69) is 6.92 Å². The van der Waals surface area contributed by atoms with Gasteiger partial charge in [0, 0.05) is 5.56 Å². The second kappa shape index (κ2) is 11.0. The number of halogens is 5. The Morgan fingerprint density at radius 3 is 1.97 bits per heavy atom. The first-order valence-corrected chi connectivity index (χ1v) is 12.6. The van der Waals surface area contributed by atoms with Gasteiger partial charge in [0.15, 0.2) is 0 Å². The van der Waals surface area contributed by atoms with Crippen LogP contribution in [-0.4, -0.2) is 0 Å². The van der Waals surface area contributed by atoms with E-state index < -0.39 is 17.8 Å². The summed E-state index contributed by atoms with van der Waals surface area (Å²) in [5.41, 5.74) is 0.671. The molecule has 0 N–H and O–H groups in total. The average molecular weight is 503 g/mol. The molecule has 1 saturated carbocycles. The van der Waals surface area contributed by atoms with Crippen molar-refractivity contribution in [2.75, 3.05) is 0 Å². The Morgan fingerprint density at radius 1 is 0.750 bits per heavy atom. The Labute approximate surface area is 209 Å². The van der Waals surface area contributed by atoms with Gasteiger partial charge in [0.05, 0.1) is 11.1 Å². The molecular formula is C30H31F5O. The molecule has 0 spiro atoms. The van der Waals surface area contributed by atoms with E-state index in [0.717, 1.165) is 36.5 Å². The fourth-order valence-electron chi connectivity index (χ4n) is 5.06. The van der Waals surface area contributed by atoms with Crippen molar-refractivity contribution in [2.24, 2.45) is 5.92 Å². The molecule has 6 heteroatoms. The fraction of sp³-hybridized carbons (Fsp3) is 0.400. The van der Waals surface area contributed by atoms with Crippen LogP contribution in [0.25, 0.3) is 11.1 Å². The first-order valence-electron chi connectivity index (χ1n) is 12.6. The lowest BCUT2D eigenvalue weighted by Crippen LogP contribution is -2.22. The number of hydrogen-bond donors (Lipinski definition) is 0. The van der Waals surface area contributed by atoms with Crippen molar-refractivity contribution in [1.29, 1.82) is 0 Å². The van der Waals surface area contributed by atoms with Gasteiger partial charge in [0.2, 0.25) is 0 Å². The highest BCUT2D eigenvalue weighted by atomic mass is 19.4.